The molecule has 0 fully saturated rings. The number of nitrogens with zero attached hydrogens (tertiary/aromatic N) is 2. The molecule has 2 N–H and O–H groups in total. The van der Waals surface area contributed by atoms with E-state index in [1.54, 1.807) is 14.2 Å². The monoisotopic (exact) mass is 458 g/mol. The number of anilines is 2. The Kier molecular flexibility index (Phi) is 7.75. The third-order valence-electron chi connectivity index (χ3n) is 4.73. The van der Waals surface area contributed by atoms with Gasteiger partial charge in [-0.25, -0.2) is 0 Å². The van der Waals surface area contributed by atoms with Gasteiger partial charge in [-0.15, -0.1) is 10.2 Å². The Hall–Kier alpha value is -2.78. The number of aromatic nitrogens is 2. The second kappa shape index (κ2) is 10.5. The minimum Gasteiger partial charge on any atom is -0.493 e. The number of amides is 1. The van der Waals surface area contributed by atoms with E-state index in [0.717, 1.165) is 15.6 Å². The fourth-order valence-electron chi connectivity index (χ4n) is 2.78. The van der Waals surface area contributed by atoms with Gasteiger partial charge in [0.2, 0.25) is 11.0 Å². The molecule has 0 saturated heterocycles. The van der Waals surface area contributed by atoms with E-state index in [0.29, 0.717) is 23.2 Å². The van der Waals surface area contributed by atoms with Crippen molar-refractivity contribution in [2.45, 2.75) is 36.9 Å². The molecule has 0 aliphatic carbocycles. The fourth-order valence-corrected chi connectivity index (χ4v) is 4.72. The molecule has 1 aromatic heterocycles. The van der Waals surface area contributed by atoms with Gasteiger partial charge in [0.25, 0.3) is 0 Å². The van der Waals surface area contributed by atoms with E-state index in [1.807, 2.05) is 31.2 Å². The first-order valence-electron chi connectivity index (χ1n) is 9.72. The lowest BCUT2D eigenvalue weighted by Gasteiger charge is -2.12. The number of ether oxygens (including phenoxy) is 2. The largest absolute Gasteiger partial charge is 0.493 e. The molecule has 0 radical (unpaired) electrons. The maximum atomic E-state index is 12.5. The summed E-state index contributed by atoms with van der Waals surface area (Å²) < 4.78 is 11.3. The summed E-state index contributed by atoms with van der Waals surface area (Å²) in [6, 6.07) is 11.7. The van der Waals surface area contributed by atoms with Crippen molar-refractivity contribution in [3.63, 3.8) is 0 Å². The van der Waals surface area contributed by atoms with E-state index in [9.17, 15) is 4.79 Å². The van der Waals surface area contributed by atoms with E-state index in [1.165, 1.54) is 34.2 Å². The van der Waals surface area contributed by atoms with Crippen molar-refractivity contribution < 1.29 is 14.3 Å². The van der Waals surface area contributed by atoms with Crippen molar-refractivity contribution >= 4 is 39.8 Å². The van der Waals surface area contributed by atoms with Crippen molar-refractivity contribution in [2.24, 2.45) is 0 Å². The summed E-state index contributed by atoms with van der Waals surface area (Å²) >= 11 is 2.81. The maximum Gasteiger partial charge on any atom is 0.233 e. The fraction of sp³-hybridized carbons (Fsp3) is 0.318. The molecular formula is C22H26N4O3S2. The van der Waals surface area contributed by atoms with Crippen LogP contribution < -0.4 is 20.1 Å². The standard InChI is InChI=1S/C22H26N4O3S2/c1-13-6-8-17(10-14(13)2)24-21-25-26-22(31-21)30-15(3)20(27)23-12-16-7-9-18(28-4)19(11-16)29-5/h6-11,15H,12H2,1-5H3,(H,23,27)(H,24,25). The third kappa shape index (κ3) is 6.11. The summed E-state index contributed by atoms with van der Waals surface area (Å²) in [5, 5.41) is 15.0. The van der Waals surface area contributed by atoms with Crippen LogP contribution in [0.4, 0.5) is 10.8 Å². The van der Waals surface area contributed by atoms with Crippen LogP contribution in [0.15, 0.2) is 40.7 Å². The highest BCUT2D eigenvalue weighted by molar-refractivity contribution is 8.02. The number of thioether (sulfide) groups is 1. The van der Waals surface area contributed by atoms with Crippen molar-refractivity contribution in [1.29, 1.82) is 0 Å². The molecule has 164 valence electrons. The maximum absolute atomic E-state index is 12.5. The number of hydrogen-bond donors (Lipinski definition) is 2. The molecule has 31 heavy (non-hydrogen) atoms. The first-order valence-corrected chi connectivity index (χ1v) is 11.4. The Balaban J connectivity index is 1.53. The molecule has 2 aromatic carbocycles. The van der Waals surface area contributed by atoms with Crippen LogP contribution in [0, 0.1) is 13.8 Å². The third-order valence-corrected chi connectivity index (χ3v) is 6.75. The van der Waals surface area contributed by atoms with Gasteiger partial charge in [-0.2, -0.15) is 0 Å². The molecule has 3 rings (SSSR count). The molecule has 0 spiro atoms. The Morgan fingerprint density at radius 1 is 1.06 bits per heavy atom. The van der Waals surface area contributed by atoms with Crippen LogP contribution in [0.2, 0.25) is 0 Å². The van der Waals surface area contributed by atoms with Crippen LogP contribution in [0.5, 0.6) is 11.5 Å². The summed E-state index contributed by atoms with van der Waals surface area (Å²) in [6.45, 7) is 6.41. The molecular weight excluding hydrogens is 432 g/mol. The lowest BCUT2D eigenvalue weighted by Crippen LogP contribution is -2.30. The first-order chi connectivity index (χ1) is 14.9. The summed E-state index contributed by atoms with van der Waals surface area (Å²) in [5.74, 6) is 1.22. The number of benzene rings is 2. The van der Waals surface area contributed by atoms with E-state index < -0.39 is 0 Å². The van der Waals surface area contributed by atoms with Gasteiger partial charge in [-0.3, -0.25) is 4.79 Å². The number of methoxy groups -OCH3 is 2. The number of carbonyl (C=O) groups is 1. The number of nitrogens with one attached hydrogen (secondary N) is 2. The van der Waals surface area contributed by atoms with Crippen LogP contribution >= 0.6 is 23.1 Å². The number of aryl methyl sites for hydroxylation is 2. The highest BCUT2D eigenvalue weighted by atomic mass is 32.2. The van der Waals surface area contributed by atoms with Gasteiger partial charge >= 0.3 is 0 Å². The zero-order valence-corrected chi connectivity index (χ0v) is 19.8. The predicted molar refractivity (Wildman–Crippen MR) is 126 cm³/mol. The molecule has 1 amide bonds. The number of rotatable bonds is 9. The van der Waals surface area contributed by atoms with E-state index in [4.69, 9.17) is 9.47 Å². The summed E-state index contributed by atoms with van der Waals surface area (Å²) in [7, 11) is 3.18. The quantitative estimate of drug-likeness (QED) is 0.449. The van der Waals surface area contributed by atoms with Crippen LogP contribution in [0.3, 0.4) is 0 Å². The highest BCUT2D eigenvalue weighted by Crippen LogP contribution is 2.31. The zero-order valence-electron chi connectivity index (χ0n) is 18.2. The normalized spacial score (nSPS) is 11.6. The van der Waals surface area contributed by atoms with Gasteiger partial charge in [0, 0.05) is 12.2 Å². The molecule has 0 bridgehead atoms. The van der Waals surface area contributed by atoms with Crippen LogP contribution in [0.1, 0.15) is 23.6 Å². The lowest BCUT2D eigenvalue weighted by molar-refractivity contribution is -0.120. The second-order valence-corrected chi connectivity index (χ2v) is 9.53. The molecule has 1 unspecified atom stereocenters. The van der Waals surface area contributed by atoms with Gasteiger partial charge in [-0.05, 0) is 61.7 Å². The molecule has 3 aromatic rings. The van der Waals surface area contributed by atoms with Gasteiger partial charge in [0.05, 0.1) is 19.5 Å². The van der Waals surface area contributed by atoms with E-state index in [2.05, 4.69) is 46.8 Å². The minimum atomic E-state index is -0.303. The summed E-state index contributed by atoms with van der Waals surface area (Å²) in [5.41, 5.74) is 4.35. The molecule has 7 nitrogen and oxygen atoms in total. The second-order valence-electron chi connectivity index (χ2n) is 6.96. The SMILES string of the molecule is COc1ccc(CNC(=O)C(C)Sc2nnc(Nc3ccc(C)c(C)c3)s2)cc1OC. The molecule has 0 saturated carbocycles. The van der Waals surface area contributed by atoms with Gasteiger partial charge in [-0.1, -0.05) is 35.2 Å². The van der Waals surface area contributed by atoms with Crippen molar-refractivity contribution in [2.75, 3.05) is 19.5 Å². The van der Waals surface area contributed by atoms with Crippen molar-refractivity contribution in [1.82, 2.24) is 15.5 Å². The van der Waals surface area contributed by atoms with Crippen LogP contribution in [-0.4, -0.2) is 35.6 Å². The highest BCUT2D eigenvalue weighted by Gasteiger charge is 2.17. The molecule has 0 aliphatic rings. The topological polar surface area (TPSA) is 85.4 Å². The smallest absolute Gasteiger partial charge is 0.233 e. The van der Waals surface area contributed by atoms with Gasteiger partial charge < -0.3 is 20.1 Å². The average Bonchev–Trinajstić information content (AvgIpc) is 3.20. The predicted octanol–water partition coefficient (Wildman–Crippen LogP) is 4.71. The summed E-state index contributed by atoms with van der Waals surface area (Å²) in [6.07, 6.45) is 0. The van der Waals surface area contributed by atoms with Crippen LogP contribution in [0.25, 0.3) is 0 Å². The Morgan fingerprint density at radius 3 is 2.55 bits per heavy atom. The minimum absolute atomic E-state index is 0.0707. The average molecular weight is 459 g/mol. The molecule has 0 aliphatic heterocycles. The molecule has 9 heteroatoms. The van der Waals surface area contributed by atoms with E-state index in [-0.39, 0.29) is 11.2 Å². The number of hydrogen-bond acceptors (Lipinski definition) is 8. The first kappa shape index (κ1) is 22.9. The Labute approximate surface area is 190 Å². The Morgan fingerprint density at radius 2 is 1.84 bits per heavy atom. The molecule has 1 atom stereocenters. The number of carbonyl (C=O) groups excluding carboxylic acids is 1. The van der Waals surface area contributed by atoms with E-state index >= 15 is 0 Å². The lowest BCUT2D eigenvalue weighted by atomic mass is 10.1. The van der Waals surface area contributed by atoms with Crippen LogP contribution in [-0.2, 0) is 11.3 Å². The van der Waals surface area contributed by atoms with Crippen molar-refractivity contribution in [3.05, 3.63) is 53.1 Å². The van der Waals surface area contributed by atoms with Gasteiger partial charge in [0.15, 0.2) is 15.8 Å². The van der Waals surface area contributed by atoms with Gasteiger partial charge in [0.1, 0.15) is 0 Å². The zero-order chi connectivity index (χ0) is 22.4. The molecule has 1 heterocycles. The summed E-state index contributed by atoms with van der Waals surface area (Å²) in [4.78, 5) is 12.5. The Bertz CT molecular complexity index is 1050. The van der Waals surface area contributed by atoms with Crippen molar-refractivity contribution in [3.8, 4) is 11.5 Å².